The third-order valence-electron chi connectivity index (χ3n) is 5.13. The fourth-order valence-electron chi connectivity index (χ4n) is 3.50. The van der Waals surface area contributed by atoms with E-state index in [1.807, 2.05) is 0 Å². The molecule has 5 rings (SSSR count). The molecule has 0 saturated carbocycles. The predicted octanol–water partition coefficient (Wildman–Crippen LogP) is 1.73. The molecule has 3 heterocycles. The summed E-state index contributed by atoms with van der Waals surface area (Å²) in [5.74, 6) is 2.70. The number of fused-ring (bicyclic) bond motifs is 2. The van der Waals surface area contributed by atoms with E-state index in [0.29, 0.717) is 45.3 Å². The van der Waals surface area contributed by atoms with Gasteiger partial charge in [-0.2, -0.15) is 4.98 Å². The number of ether oxygens (including phenoxy) is 4. The highest BCUT2D eigenvalue weighted by molar-refractivity contribution is 5.81. The van der Waals surface area contributed by atoms with E-state index in [0.717, 1.165) is 4.57 Å². The summed E-state index contributed by atoms with van der Waals surface area (Å²) in [5, 5.41) is 4.30. The third kappa shape index (κ3) is 3.33. The second-order valence-corrected chi connectivity index (χ2v) is 6.97. The molecule has 0 fully saturated rings. The van der Waals surface area contributed by atoms with Crippen LogP contribution in [0, 0.1) is 0 Å². The zero-order valence-electron chi connectivity index (χ0n) is 17.2. The lowest BCUT2D eigenvalue weighted by Gasteiger charge is -2.07. The first-order valence-electron chi connectivity index (χ1n) is 9.69. The van der Waals surface area contributed by atoms with E-state index in [1.54, 1.807) is 37.4 Å². The van der Waals surface area contributed by atoms with Crippen molar-refractivity contribution in [2.45, 2.75) is 13.0 Å². The number of hydrogen-bond donors (Lipinski definition) is 1. The van der Waals surface area contributed by atoms with Crippen molar-refractivity contribution in [3.63, 3.8) is 0 Å². The highest BCUT2D eigenvalue weighted by Crippen LogP contribution is 2.34. The molecule has 0 saturated heterocycles. The molecule has 164 valence electrons. The molecular formula is C21H18N4O7. The first-order valence-corrected chi connectivity index (χ1v) is 9.69. The van der Waals surface area contributed by atoms with Crippen LogP contribution >= 0.6 is 0 Å². The lowest BCUT2D eigenvalue weighted by molar-refractivity contribution is 0.174. The van der Waals surface area contributed by atoms with Gasteiger partial charge in [0.25, 0.3) is 5.56 Å². The van der Waals surface area contributed by atoms with Crippen molar-refractivity contribution in [3.8, 4) is 34.4 Å². The van der Waals surface area contributed by atoms with Gasteiger partial charge in [0.1, 0.15) is 0 Å². The van der Waals surface area contributed by atoms with Gasteiger partial charge in [0.05, 0.1) is 25.1 Å². The van der Waals surface area contributed by atoms with Gasteiger partial charge >= 0.3 is 5.69 Å². The van der Waals surface area contributed by atoms with Crippen molar-refractivity contribution in [3.05, 3.63) is 57.1 Å². The van der Waals surface area contributed by atoms with Gasteiger partial charge in [0, 0.05) is 24.6 Å². The number of aromatic nitrogens is 4. The smallest absolute Gasteiger partial charge is 0.328 e. The number of nitrogens with one attached hydrogen (secondary N) is 1. The van der Waals surface area contributed by atoms with E-state index in [4.69, 9.17) is 23.5 Å². The van der Waals surface area contributed by atoms with Crippen molar-refractivity contribution >= 4 is 10.9 Å². The van der Waals surface area contributed by atoms with Gasteiger partial charge in [-0.15, -0.1) is 0 Å². The molecule has 2 aromatic heterocycles. The summed E-state index contributed by atoms with van der Waals surface area (Å²) in [4.78, 5) is 32.4. The molecule has 0 radical (unpaired) electrons. The van der Waals surface area contributed by atoms with Crippen molar-refractivity contribution in [2.75, 3.05) is 21.0 Å². The Balaban J connectivity index is 1.40. The number of aromatic amines is 1. The van der Waals surface area contributed by atoms with Gasteiger partial charge < -0.3 is 28.5 Å². The van der Waals surface area contributed by atoms with Crippen LogP contribution in [0.3, 0.4) is 0 Å². The number of hydrogen-bond acceptors (Lipinski definition) is 9. The fraction of sp³-hybridized carbons (Fsp3) is 0.238. The van der Waals surface area contributed by atoms with Gasteiger partial charge in [-0.05, 0) is 24.3 Å². The molecule has 0 bridgehead atoms. The highest BCUT2D eigenvalue weighted by Gasteiger charge is 2.18. The molecule has 11 heteroatoms. The second-order valence-electron chi connectivity index (χ2n) is 6.97. The maximum atomic E-state index is 12.9. The lowest BCUT2D eigenvalue weighted by atomic mass is 10.2. The highest BCUT2D eigenvalue weighted by atomic mass is 16.7. The summed E-state index contributed by atoms with van der Waals surface area (Å²) in [7, 11) is 3.09. The number of methoxy groups -OCH3 is 2. The van der Waals surface area contributed by atoms with Gasteiger partial charge in [0.2, 0.25) is 18.5 Å². The SMILES string of the molecule is COc1ccc(-c2noc(CCn3c(=O)[nH]c4cc5c(cc4c3=O)OCO5)n2)cc1OC. The van der Waals surface area contributed by atoms with Crippen LogP contribution in [-0.2, 0) is 13.0 Å². The third-order valence-corrected chi connectivity index (χ3v) is 5.13. The minimum Gasteiger partial charge on any atom is -0.493 e. The molecule has 1 aliphatic rings. The van der Waals surface area contributed by atoms with Crippen molar-refractivity contribution in [1.82, 2.24) is 19.7 Å². The molecule has 0 unspecified atom stereocenters. The van der Waals surface area contributed by atoms with Crippen LogP contribution in [0.2, 0.25) is 0 Å². The van der Waals surface area contributed by atoms with E-state index in [-0.39, 0.29) is 25.6 Å². The number of rotatable bonds is 6. The van der Waals surface area contributed by atoms with E-state index in [9.17, 15) is 9.59 Å². The molecule has 1 aliphatic heterocycles. The lowest BCUT2D eigenvalue weighted by Crippen LogP contribution is -2.35. The topological polar surface area (TPSA) is 131 Å². The van der Waals surface area contributed by atoms with Gasteiger partial charge in [-0.3, -0.25) is 9.36 Å². The molecule has 2 aromatic carbocycles. The Labute approximate surface area is 180 Å². The van der Waals surface area contributed by atoms with Crippen LogP contribution in [-0.4, -0.2) is 40.7 Å². The normalized spacial score (nSPS) is 12.3. The molecule has 11 nitrogen and oxygen atoms in total. The first-order chi connectivity index (χ1) is 15.6. The van der Waals surface area contributed by atoms with Crippen LogP contribution in [0.15, 0.2) is 44.4 Å². The Bertz CT molecular complexity index is 1440. The molecule has 0 aliphatic carbocycles. The zero-order valence-corrected chi connectivity index (χ0v) is 17.2. The Morgan fingerprint density at radius 1 is 1.06 bits per heavy atom. The van der Waals surface area contributed by atoms with E-state index in [2.05, 4.69) is 15.1 Å². The zero-order chi connectivity index (χ0) is 22.2. The molecule has 0 amide bonds. The average Bonchev–Trinajstić information content (AvgIpc) is 3.46. The fourth-order valence-corrected chi connectivity index (χ4v) is 3.50. The minimum absolute atomic E-state index is 0.0616. The molecule has 1 N–H and O–H groups in total. The largest absolute Gasteiger partial charge is 0.493 e. The minimum atomic E-state index is -0.541. The van der Waals surface area contributed by atoms with Crippen molar-refractivity contribution < 1.29 is 23.5 Å². The quantitative estimate of drug-likeness (QED) is 0.478. The van der Waals surface area contributed by atoms with Crippen LogP contribution in [0.1, 0.15) is 5.89 Å². The number of H-pyrrole nitrogens is 1. The number of aryl methyl sites for hydroxylation is 1. The monoisotopic (exact) mass is 438 g/mol. The Kier molecular flexibility index (Phi) is 4.77. The van der Waals surface area contributed by atoms with E-state index in [1.165, 1.54) is 7.11 Å². The van der Waals surface area contributed by atoms with Crippen molar-refractivity contribution in [1.29, 1.82) is 0 Å². The average molecular weight is 438 g/mol. The first kappa shape index (κ1) is 19.7. The summed E-state index contributed by atoms with van der Waals surface area (Å²) in [6.45, 7) is 0.135. The van der Waals surface area contributed by atoms with Crippen LogP contribution in [0.5, 0.6) is 23.0 Å². The van der Waals surface area contributed by atoms with Gasteiger partial charge in [0.15, 0.2) is 23.0 Å². The second kappa shape index (κ2) is 7.76. The van der Waals surface area contributed by atoms with Crippen molar-refractivity contribution in [2.24, 2.45) is 0 Å². The molecule has 0 spiro atoms. The van der Waals surface area contributed by atoms with E-state index < -0.39 is 11.2 Å². The van der Waals surface area contributed by atoms with E-state index >= 15 is 0 Å². The Morgan fingerprint density at radius 2 is 1.84 bits per heavy atom. The van der Waals surface area contributed by atoms with Gasteiger partial charge in [-0.1, -0.05) is 5.16 Å². The molecular weight excluding hydrogens is 420 g/mol. The van der Waals surface area contributed by atoms with Crippen LogP contribution in [0.25, 0.3) is 22.3 Å². The molecule has 0 atom stereocenters. The number of benzene rings is 2. The summed E-state index contributed by atoms with van der Waals surface area (Å²) in [6, 6.07) is 8.39. The summed E-state index contributed by atoms with van der Waals surface area (Å²) < 4.78 is 27.5. The molecule has 32 heavy (non-hydrogen) atoms. The maximum absolute atomic E-state index is 12.9. The number of nitrogens with zero attached hydrogens (tertiary/aromatic N) is 3. The van der Waals surface area contributed by atoms with Gasteiger partial charge in [-0.25, -0.2) is 4.79 Å². The summed E-state index contributed by atoms with van der Waals surface area (Å²) in [6.07, 6.45) is 0.194. The predicted molar refractivity (Wildman–Crippen MR) is 111 cm³/mol. The Hall–Kier alpha value is -4.28. The maximum Gasteiger partial charge on any atom is 0.328 e. The summed E-state index contributed by atoms with van der Waals surface area (Å²) >= 11 is 0. The van der Waals surface area contributed by atoms with Crippen LogP contribution in [0.4, 0.5) is 0 Å². The standard InChI is InChI=1S/C21H18N4O7/c1-28-14-4-3-11(7-15(14)29-2)19-23-18(32-24-19)5-6-25-20(26)12-8-16-17(31-10-30-16)9-13(12)22-21(25)27/h3-4,7-9H,5-6,10H2,1-2H3,(H,22,27). The molecule has 4 aromatic rings. The van der Waals surface area contributed by atoms with Crippen LogP contribution < -0.4 is 30.2 Å². The Morgan fingerprint density at radius 3 is 2.62 bits per heavy atom. The summed E-state index contributed by atoms with van der Waals surface area (Å²) in [5.41, 5.74) is 0.0751.